The lowest BCUT2D eigenvalue weighted by Gasteiger charge is -2.34. The van der Waals surface area contributed by atoms with Crippen molar-refractivity contribution >= 4 is 18.3 Å². The Hall–Kier alpha value is -2.11. The van der Waals surface area contributed by atoms with Gasteiger partial charge in [-0.25, -0.2) is 0 Å². The predicted molar refractivity (Wildman–Crippen MR) is 110 cm³/mol. The number of aromatic nitrogens is 1. The van der Waals surface area contributed by atoms with Crippen LogP contribution in [0.5, 0.6) is 5.75 Å². The van der Waals surface area contributed by atoms with Gasteiger partial charge in [0.1, 0.15) is 5.75 Å². The number of rotatable bonds is 7. The summed E-state index contributed by atoms with van der Waals surface area (Å²) in [5.41, 5.74) is 1.99. The van der Waals surface area contributed by atoms with Crippen LogP contribution in [-0.2, 0) is 6.54 Å². The van der Waals surface area contributed by atoms with E-state index in [-0.39, 0.29) is 18.3 Å². The minimum absolute atomic E-state index is 0. The highest BCUT2D eigenvalue weighted by Gasteiger charge is 2.22. The quantitative estimate of drug-likeness (QED) is 0.678. The van der Waals surface area contributed by atoms with Crippen LogP contribution in [0.25, 0.3) is 0 Å². The Bertz CT molecular complexity index is 686. The Kier molecular flexibility index (Phi) is 8.55. The van der Waals surface area contributed by atoms with E-state index in [0.29, 0.717) is 0 Å². The molecule has 2 heterocycles. The molecule has 0 unspecified atom stereocenters. The van der Waals surface area contributed by atoms with Gasteiger partial charge < -0.3 is 9.64 Å². The molecule has 0 aliphatic carbocycles. The molecule has 0 bridgehead atoms. The van der Waals surface area contributed by atoms with E-state index in [1.165, 1.54) is 5.56 Å². The molecule has 27 heavy (non-hydrogen) atoms. The third kappa shape index (κ3) is 6.22. The van der Waals surface area contributed by atoms with E-state index in [0.717, 1.165) is 63.5 Å². The number of hydrogen-bond acceptors (Lipinski definition) is 4. The summed E-state index contributed by atoms with van der Waals surface area (Å²) in [5.74, 6) is 0.936. The van der Waals surface area contributed by atoms with Crippen LogP contribution in [0.3, 0.4) is 0 Å². The summed E-state index contributed by atoms with van der Waals surface area (Å²) < 4.78 is 5.66. The zero-order chi connectivity index (χ0) is 18.2. The summed E-state index contributed by atoms with van der Waals surface area (Å²) in [6, 6.07) is 11.6. The molecule has 2 aromatic rings. The lowest BCUT2D eigenvalue weighted by Crippen LogP contribution is -2.48. The third-order valence-electron chi connectivity index (χ3n) is 4.68. The standard InChI is InChI=1S/C21H27N3O2.ClH/c1-2-3-16-26-20-6-4-19(5-7-20)21(25)24-14-12-23(13-15-24)17-18-8-10-22-11-9-18;/h4-11H,2-3,12-17H2,1H3;1H. The molecule has 1 aliphatic rings. The normalized spacial score (nSPS) is 14.5. The number of halogens is 1. The molecule has 0 saturated carbocycles. The highest BCUT2D eigenvalue weighted by molar-refractivity contribution is 5.94. The molecule has 1 aromatic heterocycles. The number of piperazine rings is 1. The van der Waals surface area contributed by atoms with Crippen LogP contribution >= 0.6 is 12.4 Å². The number of pyridine rings is 1. The van der Waals surface area contributed by atoms with Gasteiger partial charge >= 0.3 is 0 Å². The highest BCUT2D eigenvalue weighted by atomic mass is 35.5. The topological polar surface area (TPSA) is 45.7 Å². The van der Waals surface area contributed by atoms with Crippen LogP contribution in [0.2, 0.25) is 0 Å². The van der Waals surface area contributed by atoms with Gasteiger partial charge in [-0.2, -0.15) is 0 Å². The predicted octanol–water partition coefficient (Wildman–Crippen LogP) is 3.64. The number of amides is 1. The molecule has 1 amide bonds. The average Bonchev–Trinajstić information content (AvgIpc) is 2.70. The van der Waals surface area contributed by atoms with Crippen molar-refractivity contribution in [3.8, 4) is 5.75 Å². The fraction of sp³-hybridized carbons (Fsp3) is 0.429. The zero-order valence-electron chi connectivity index (χ0n) is 15.8. The Morgan fingerprint density at radius 2 is 1.70 bits per heavy atom. The lowest BCUT2D eigenvalue weighted by atomic mass is 10.1. The Morgan fingerprint density at radius 1 is 1.04 bits per heavy atom. The molecule has 146 valence electrons. The van der Waals surface area contributed by atoms with Crippen LogP contribution in [0.1, 0.15) is 35.7 Å². The molecule has 1 fully saturated rings. The molecule has 3 rings (SSSR count). The molecule has 6 heteroatoms. The van der Waals surface area contributed by atoms with E-state index in [9.17, 15) is 4.79 Å². The van der Waals surface area contributed by atoms with Crippen molar-refractivity contribution in [3.63, 3.8) is 0 Å². The molecule has 1 aromatic carbocycles. The number of carbonyl (C=O) groups excluding carboxylic acids is 1. The highest BCUT2D eigenvalue weighted by Crippen LogP contribution is 2.16. The first-order valence-corrected chi connectivity index (χ1v) is 9.39. The second kappa shape index (κ2) is 10.9. The van der Waals surface area contributed by atoms with E-state index in [4.69, 9.17) is 4.74 Å². The maximum atomic E-state index is 12.7. The van der Waals surface area contributed by atoms with E-state index in [1.807, 2.05) is 53.7 Å². The maximum absolute atomic E-state index is 12.7. The molecule has 1 aliphatic heterocycles. The van der Waals surface area contributed by atoms with Crippen molar-refractivity contribution in [3.05, 3.63) is 59.9 Å². The van der Waals surface area contributed by atoms with Gasteiger partial charge in [-0.15, -0.1) is 12.4 Å². The maximum Gasteiger partial charge on any atom is 0.253 e. The van der Waals surface area contributed by atoms with Crippen molar-refractivity contribution in [2.24, 2.45) is 0 Å². The first-order valence-electron chi connectivity index (χ1n) is 9.39. The van der Waals surface area contributed by atoms with Gasteiger partial charge in [0, 0.05) is 50.7 Å². The number of carbonyl (C=O) groups is 1. The number of ether oxygens (including phenoxy) is 1. The Balaban J connectivity index is 0.00000261. The number of nitrogens with zero attached hydrogens (tertiary/aromatic N) is 3. The summed E-state index contributed by atoms with van der Waals surface area (Å²) in [7, 11) is 0. The third-order valence-corrected chi connectivity index (χ3v) is 4.68. The molecule has 0 radical (unpaired) electrons. The summed E-state index contributed by atoms with van der Waals surface area (Å²) >= 11 is 0. The number of hydrogen-bond donors (Lipinski definition) is 0. The molecule has 0 N–H and O–H groups in total. The fourth-order valence-corrected chi connectivity index (χ4v) is 3.07. The van der Waals surface area contributed by atoms with Crippen molar-refractivity contribution in [1.29, 1.82) is 0 Å². The van der Waals surface area contributed by atoms with Crippen LogP contribution in [0.4, 0.5) is 0 Å². The van der Waals surface area contributed by atoms with Gasteiger partial charge in [0.2, 0.25) is 0 Å². The number of unbranched alkanes of at least 4 members (excludes halogenated alkanes) is 1. The molecule has 0 spiro atoms. The van der Waals surface area contributed by atoms with Gasteiger partial charge in [0.15, 0.2) is 0 Å². The molecule has 1 saturated heterocycles. The van der Waals surface area contributed by atoms with E-state index < -0.39 is 0 Å². The minimum Gasteiger partial charge on any atom is -0.494 e. The van der Waals surface area contributed by atoms with Gasteiger partial charge in [-0.3, -0.25) is 14.7 Å². The lowest BCUT2D eigenvalue weighted by molar-refractivity contribution is 0.0628. The summed E-state index contributed by atoms with van der Waals surface area (Å²) in [4.78, 5) is 21.1. The van der Waals surface area contributed by atoms with E-state index in [1.54, 1.807) is 0 Å². The van der Waals surface area contributed by atoms with Gasteiger partial charge in [0.05, 0.1) is 6.61 Å². The monoisotopic (exact) mass is 389 g/mol. The van der Waals surface area contributed by atoms with Crippen molar-refractivity contribution in [2.45, 2.75) is 26.3 Å². The van der Waals surface area contributed by atoms with Crippen molar-refractivity contribution in [1.82, 2.24) is 14.8 Å². The van der Waals surface area contributed by atoms with Crippen molar-refractivity contribution < 1.29 is 9.53 Å². The minimum atomic E-state index is 0. The van der Waals surface area contributed by atoms with Crippen LogP contribution in [-0.4, -0.2) is 53.5 Å². The van der Waals surface area contributed by atoms with Gasteiger partial charge in [-0.1, -0.05) is 13.3 Å². The Labute approximate surface area is 167 Å². The van der Waals surface area contributed by atoms with E-state index in [2.05, 4.69) is 16.8 Å². The van der Waals surface area contributed by atoms with E-state index >= 15 is 0 Å². The first kappa shape index (κ1) is 21.2. The van der Waals surface area contributed by atoms with Crippen LogP contribution in [0.15, 0.2) is 48.8 Å². The second-order valence-electron chi connectivity index (χ2n) is 6.65. The zero-order valence-corrected chi connectivity index (χ0v) is 16.7. The average molecular weight is 390 g/mol. The SMILES string of the molecule is CCCCOc1ccc(C(=O)N2CCN(Cc3ccncc3)CC2)cc1.Cl. The fourth-order valence-electron chi connectivity index (χ4n) is 3.07. The molecule has 5 nitrogen and oxygen atoms in total. The second-order valence-corrected chi connectivity index (χ2v) is 6.65. The van der Waals surface area contributed by atoms with Crippen LogP contribution in [0, 0.1) is 0 Å². The van der Waals surface area contributed by atoms with Crippen LogP contribution < -0.4 is 4.74 Å². The molecular weight excluding hydrogens is 362 g/mol. The summed E-state index contributed by atoms with van der Waals surface area (Å²) in [6.07, 6.45) is 5.81. The first-order chi connectivity index (χ1) is 12.8. The number of benzene rings is 1. The Morgan fingerprint density at radius 3 is 2.33 bits per heavy atom. The van der Waals surface area contributed by atoms with Gasteiger partial charge in [0.25, 0.3) is 5.91 Å². The summed E-state index contributed by atoms with van der Waals surface area (Å²) in [6.45, 7) is 7.09. The smallest absolute Gasteiger partial charge is 0.253 e. The molecule has 0 atom stereocenters. The van der Waals surface area contributed by atoms with Gasteiger partial charge in [-0.05, 0) is 48.4 Å². The van der Waals surface area contributed by atoms with Crippen molar-refractivity contribution in [2.75, 3.05) is 32.8 Å². The largest absolute Gasteiger partial charge is 0.494 e. The molecular formula is C21H28ClN3O2. The summed E-state index contributed by atoms with van der Waals surface area (Å²) in [5, 5.41) is 0.